The van der Waals surface area contributed by atoms with Crippen LogP contribution in [0.2, 0.25) is 0 Å². The van der Waals surface area contributed by atoms with E-state index in [1.165, 1.54) is 0 Å². The molecular formula is C9H8F3NO3. The van der Waals surface area contributed by atoms with Gasteiger partial charge in [-0.25, -0.2) is 8.78 Å². The minimum Gasteiger partial charge on any atom is -0.481 e. The maximum atomic E-state index is 12.9. The first-order valence-electron chi connectivity index (χ1n) is 4.19. The third-order valence-corrected chi connectivity index (χ3v) is 1.83. The summed E-state index contributed by atoms with van der Waals surface area (Å²) < 4.78 is 42.6. The van der Waals surface area contributed by atoms with Gasteiger partial charge in [0.15, 0.2) is 0 Å². The minimum absolute atomic E-state index is 0.341. The molecule has 1 heterocycles. The monoisotopic (exact) mass is 235 g/mol. The Kier molecular flexibility index (Phi) is 3.70. The van der Waals surface area contributed by atoms with Crippen molar-refractivity contribution in [2.45, 2.75) is 12.8 Å². The lowest BCUT2D eigenvalue weighted by molar-refractivity contribution is -0.136. The standard InChI is InChI=1S/C9H8F3NO3/c1-16-9-7(8(11)12)4(3-6(14)15)2-5(10)13-9/h2,8H,3H2,1H3,(H,14,15). The quantitative estimate of drug-likeness (QED) is 0.808. The summed E-state index contributed by atoms with van der Waals surface area (Å²) in [7, 11) is 1.05. The molecule has 0 spiro atoms. The number of alkyl halides is 2. The van der Waals surface area contributed by atoms with Crippen molar-refractivity contribution in [1.29, 1.82) is 0 Å². The van der Waals surface area contributed by atoms with E-state index in [0.717, 1.165) is 7.11 Å². The lowest BCUT2D eigenvalue weighted by atomic mass is 10.1. The topological polar surface area (TPSA) is 59.4 Å². The lowest BCUT2D eigenvalue weighted by Crippen LogP contribution is -2.08. The van der Waals surface area contributed by atoms with Crippen LogP contribution in [0.25, 0.3) is 0 Å². The van der Waals surface area contributed by atoms with Crippen molar-refractivity contribution in [3.05, 3.63) is 23.1 Å². The average molecular weight is 235 g/mol. The molecule has 88 valence electrons. The number of hydrogen-bond acceptors (Lipinski definition) is 3. The van der Waals surface area contributed by atoms with Crippen LogP contribution in [0.4, 0.5) is 13.2 Å². The van der Waals surface area contributed by atoms with Crippen LogP contribution in [0, 0.1) is 5.95 Å². The summed E-state index contributed by atoms with van der Waals surface area (Å²) in [6.45, 7) is 0. The summed E-state index contributed by atoms with van der Waals surface area (Å²) in [4.78, 5) is 13.5. The molecule has 0 aromatic carbocycles. The molecule has 0 atom stereocenters. The van der Waals surface area contributed by atoms with E-state index in [1.54, 1.807) is 0 Å². The number of aliphatic carboxylic acids is 1. The normalized spacial score (nSPS) is 10.6. The zero-order valence-corrected chi connectivity index (χ0v) is 8.21. The van der Waals surface area contributed by atoms with Gasteiger partial charge in [-0.05, 0) is 11.6 Å². The Balaban J connectivity index is 3.32. The van der Waals surface area contributed by atoms with Crippen molar-refractivity contribution in [2.75, 3.05) is 7.11 Å². The predicted molar refractivity (Wildman–Crippen MR) is 47.0 cm³/mol. The molecule has 7 heteroatoms. The van der Waals surface area contributed by atoms with Gasteiger partial charge in [0, 0.05) is 0 Å². The van der Waals surface area contributed by atoms with Gasteiger partial charge >= 0.3 is 5.97 Å². The third kappa shape index (κ3) is 2.62. The molecule has 1 N–H and O–H groups in total. The van der Waals surface area contributed by atoms with Crippen LogP contribution in [-0.2, 0) is 11.2 Å². The highest BCUT2D eigenvalue weighted by Crippen LogP contribution is 2.31. The molecule has 0 radical (unpaired) electrons. The van der Waals surface area contributed by atoms with Crippen LogP contribution in [0.15, 0.2) is 6.07 Å². The molecule has 1 aromatic heterocycles. The first kappa shape index (κ1) is 12.3. The number of carboxylic acid groups (broad SMARTS) is 1. The summed E-state index contributed by atoms with van der Waals surface area (Å²) in [5, 5.41) is 8.50. The van der Waals surface area contributed by atoms with Gasteiger partial charge in [0.25, 0.3) is 6.43 Å². The Hall–Kier alpha value is -1.79. The highest BCUT2D eigenvalue weighted by molar-refractivity contribution is 5.71. The second-order valence-electron chi connectivity index (χ2n) is 2.90. The smallest absolute Gasteiger partial charge is 0.307 e. The van der Waals surface area contributed by atoms with Gasteiger partial charge < -0.3 is 9.84 Å². The van der Waals surface area contributed by atoms with Crippen LogP contribution in [-0.4, -0.2) is 23.2 Å². The van der Waals surface area contributed by atoms with Crippen LogP contribution >= 0.6 is 0 Å². The first-order valence-corrected chi connectivity index (χ1v) is 4.19. The Labute approximate surface area is 88.7 Å². The van der Waals surface area contributed by atoms with Gasteiger partial charge in [0.2, 0.25) is 11.8 Å². The number of rotatable bonds is 4. The molecule has 16 heavy (non-hydrogen) atoms. The maximum absolute atomic E-state index is 12.9. The van der Waals surface area contributed by atoms with Gasteiger partial charge in [-0.3, -0.25) is 4.79 Å². The van der Waals surface area contributed by atoms with Crippen LogP contribution < -0.4 is 4.74 Å². The molecule has 0 amide bonds. The summed E-state index contributed by atoms with van der Waals surface area (Å²) in [5.74, 6) is -2.99. The summed E-state index contributed by atoms with van der Waals surface area (Å²) in [6, 6.07) is 0.665. The number of pyridine rings is 1. The van der Waals surface area contributed by atoms with Crippen molar-refractivity contribution in [3.8, 4) is 5.88 Å². The molecule has 0 fully saturated rings. The van der Waals surface area contributed by atoms with Gasteiger partial charge in [-0.2, -0.15) is 9.37 Å². The fourth-order valence-corrected chi connectivity index (χ4v) is 1.25. The molecule has 0 aliphatic heterocycles. The molecule has 0 aliphatic carbocycles. The number of hydrogen-bond donors (Lipinski definition) is 1. The van der Waals surface area contributed by atoms with E-state index in [9.17, 15) is 18.0 Å². The van der Waals surface area contributed by atoms with Gasteiger partial charge in [-0.15, -0.1) is 0 Å². The molecule has 0 unspecified atom stereocenters. The van der Waals surface area contributed by atoms with Crippen LogP contribution in [0.3, 0.4) is 0 Å². The van der Waals surface area contributed by atoms with E-state index in [-0.39, 0.29) is 5.56 Å². The first-order chi connectivity index (χ1) is 7.45. The van der Waals surface area contributed by atoms with E-state index >= 15 is 0 Å². The van der Waals surface area contributed by atoms with Gasteiger partial charge in [0.1, 0.15) is 0 Å². The highest BCUT2D eigenvalue weighted by atomic mass is 19.3. The lowest BCUT2D eigenvalue weighted by Gasteiger charge is -2.11. The van der Waals surface area contributed by atoms with E-state index in [2.05, 4.69) is 9.72 Å². The Morgan fingerprint density at radius 1 is 1.62 bits per heavy atom. The number of carboxylic acids is 1. The number of nitrogens with zero attached hydrogens (tertiary/aromatic N) is 1. The van der Waals surface area contributed by atoms with Crippen molar-refractivity contribution < 1.29 is 27.8 Å². The van der Waals surface area contributed by atoms with Gasteiger partial charge in [-0.1, -0.05) is 0 Å². The SMILES string of the molecule is COc1nc(F)cc(CC(=O)O)c1C(F)F. The van der Waals surface area contributed by atoms with E-state index in [4.69, 9.17) is 5.11 Å². The zero-order valence-electron chi connectivity index (χ0n) is 8.21. The van der Waals surface area contributed by atoms with E-state index < -0.39 is 36.2 Å². The number of ether oxygens (including phenoxy) is 1. The van der Waals surface area contributed by atoms with Crippen LogP contribution in [0.5, 0.6) is 5.88 Å². The molecular weight excluding hydrogens is 227 g/mol. The summed E-state index contributed by atoms with van der Waals surface area (Å²) in [5.41, 5.74) is -1.03. The Bertz CT molecular complexity index is 409. The van der Waals surface area contributed by atoms with Crippen molar-refractivity contribution >= 4 is 5.97 Å². The van der Waals surface area contributed by atoms with Gasteiger partial charge in [0.05, 0.1) is 19.1 Å². The Morgan fingerprint density at radius 3 is 2.69 bits per heavy atom. The number of methoxy groups -OCH3 is 1. The molecule has 1 rings (SSSR count). The second kappa shape index (κ2) is 4.82. The zero-order chi connectivity index (χ0) is 12.3. The molecule has 0 aliphatic rings. The molecule has 1 aromatic rings. The largest absolute Gasteiger partial charge is 0.481 e. The maximum Gasteiger partial charge on any atom is 0.307 e. The van der Waals surface area contributed by atoms with E-state index in [1.807, 2.05) is 0 Å². The van der Waals surface area contributed by atoms with Crippen molar-refractivity contribution in [1.82, 2.24) is 4.98 Å². The third-order valence-electron chi connectivity index (χ3n) is 1.83. The van der Waals surface area contributed by atoms with E-state index in [0.29, 0.717) is 6.07 Å². The van der Waals surface area contributed by atoms with Crippen molar-refractivity contribution in [2.24, 2.45) is 0 Å². The predicted octanol–water partition coefficient (Wildman–Crippen LogP) is 1.79. The molecule has 0 saturated heterocycles. The number of aromatic nitrogens is 1. The van der Waals surface area contributed by atoms with Crippen LogP contribution in [0.1, 0.15) is 17.6 Å². The highest BCUT2D eigenvalue weighted by Gasteiger charge is 2.23. The van der Waals surface area contributed by atoms with Crippen molar-refractivity contribution in [3.63, 3.8) is 0 Å². The summed E-state index contributed by atoms with van der Waals surface area (Å²) >= 11 is 0. The minimum atomic E-state index is -2.97. The Morgan fingerprint density at radius 2 is 2.25 bits per heavy atom. The fraction of sp³-hybridized carbons (Fsp3) is 0.333. The number of carbonyl (C=O) groups is 1. The molecule has 0 saturated carbocycles. The molecule has 4 nitrogen and oxygen atoms in total. The second-order valence-corrected chi connectivity index (χ2v) is 2.90. The number of halogens is 3. The average Bonchev–Trinajstić information content (AvgIpc) is 2.14. The summed E-state index contributed by atoms with van der Waals surface area (Å²) in [6.07, 6.45) is -3.69. The molecule has 0 bridgehead atoms. The fourth-order valence-electron chi connectivity index (χ4n) is 1.25.